The van der Waals surface area contributed by atoms with E-state index in [4.69, 9.17) is 4.74 Å². The lowest BCUT2D eigenvalue weighted by Crippen LogP contribution is -2.16. The second-order valence-electron chi connectivity index (χ2n) is 4.82. The zero-order chi connectivity index (χ0) is 15.0. The Hall–Kier alpha value is -0.320. The molecule has 0 bridgehead atoms. The SMILES string of the molecule is CCCNCC(C)=Cc1cc(Br)cc(Br)c1OCCC. The van der Waals surface area contributed by atoms with Crippen molar-refractivity contribution < 1.29 is 4.74 Å². The molecule has 0 saturated heterocycles. The quantitative estimate of drug-likeness (QED) is 0.585. The molecule has 0 radical (unpaired) electrons. The van der Waals surface area contributed by atoms with Crippen molar-refractivity contribution in [2.45, 2.75) is 33.6 Å². The summed E-state index contributed by atoms with van der Waals surface area (Å²) in [4.78, 5) is 0. The van der Waals surface area contributed by atoms with Gasteiger partial charge in [-0.1, -0.05) is 41.4 Å². The van der Waals surface area contributed by atoms with Gasteiger partial charge in [0.05, 0.1) is 11.1 Å². The first-order valence-corrected chi connectivity index (χ1v) is 8.66. The molecule has 0 saturated carbocycles. The number of hydrogen-bond acceptors (Lipinski definition) is 2. The Morgan fingerprint density at radius 2 is 2.00 bits per heavy atom. The summed E-state index contributed by atoms with van der Waals surface area (Å²) in [5.41, 5.74) is 2.40. The number of ether oxygens (including phenoxy) is 1. The van der Waals surface area contributed by atoms with E-state index in [-0.39, 0.29) is 0 Å². The first-order valence-electron chi connectivity index (χ1n) is 7.08. The summed E-state index contributed by atoms with van der Waals surface area (Å²) >= 11 is 7.12. The van der Waals surface area contributed by atoms with Gasteiger partial charge in [0.25, 0.3) is 0 Å². The summed E-state index contributed by atoms with van der Waals surface area (Å²) in [6, 6.07) is 4.12. The first-order chi connectivity index (χ1) is 9.58. The van der Waals surface area contributed by atoms with E-state index in [0.717, 1.165) is 52.8 Å². The fraction of sp³-hybridized carbons (Fsp3) is 0.500. The van der Waals surface area contributed by atoms with Gasteiger partial charge < -0.3 is 10.1 Å². The maximum atomic E-state index is 5.87. The second-order valence-corrected chi connectivity index (χ2v) is 6.59. The fourth-order valence-electron chi connectivity index (χ4n) is 1.82. The molecule has 0 aliphatic rings. The zero-order valence-electron chi connectivity index (χ0n) is 12.4. The number of benzene rings is 1. The molecule has 0 aliphatic carbocycles. The fourth-order valence-corrected chi connectivity index (χ4v) is 3.20. The van der Waals surface area contributed by atoms with Crippen LogP contribution in [0.25, 0.3) is 6.08 Å². The molecule has 112 valence electrons. The summed E-state index contributed by atoms with van der Waals surface area (Å²) < 4.78 is 7.90. The number of rotatable bonds is 8. The third-order valence-corrected chi connectivity index (χ3v) is 3.77. The molecule has 0 atom stereocenters. The third kappa shape index (κ3) is 5.98. The summed E-state index contributed by atoms with van der Waals surface area (Å²) in [6.07, 6.45) is 4.34. The van der Waals surface area contributed by atoms with Gasteiger partial charge in [-0.05, 0) is 54.4 Å². The van der Waals surface area contributed by atoms with Gasteiger partial charge in [0.1, 0.15) is 5.75 Å². The minimum atomic E-state index is 0.730. The first kappa shape index (κ1) is 17.7. The Bertz CT molecular complexity index is 458. The number of halogens is 2. The minimum Gasteiger partial charge on any atom is -0.492 e. The molecule has 1 aromatic rings. The van der Waals surface area contributed by atoms with Crippen LogP contribution >= 0.6 is 31.9 Å². The largest absolute Gasteiger partial charge is 0.492 e. The minimum absolute atomic E-state index is 0.730. The number of hydrogen-bond donors (Lipinski definition) is 1. The topological polar surface area (TPSA) is 21.3 Å². The molecule has 1 N–H and O–H groups in total. The van der Waals surface area contributed by atoms with Crippen molar-refractivity contribution >= 4 is 37.9 Å². The maximum absolute atomic E-state index is 5.87. The lowest BCUT2D eigenvalue weighted by atomic mass is 10.1. The second kappa shape index (κ2) is 9.59. The third-order valence-electron chi connectivity index (χ3n) is 2.72. The maximum Gasteiger partial charge on any atom is 0.140 e. The van der Waals surface area contributed by atoms with Gasteiger partial charge >= 0.3 is 0 Å². The predicted octanol–water partition coefficient (Wildman–Crippen LogP) is 5.40. The van der Waals surface area contributed by atoms with E-state index >= 15 is 0 Å². The Morgan fingerprint density at radius 1 is 1.25 bits per heavy atom. The predicted molar refractivity (Wildman–Crippen MR) is 94.4 cm³/mol. The van der Waals surface area contributed by atoms with Gasteiger partial charge in [-0.15, -0.1) is 0 Å². The Balaban J connectivity index is 2.93. The molecule has 0 aliphatic heterocycles. The highest BCUT2D eigenvalue weighted by atomic mass is 79.9. The molecule has 0 spiro atoms. The Kier molecular flexibility index (Phi) is 8.50. The summed E-state index contributed by atoms with van der Waals surface area (Å²) in [6.45, 7) is 9.11. The van der Waals surface area contributed by atoms with Crippen LogP contribution in [0.15, 0.2) is 26.7 Å². The van der Waals surface area contributed by atoms with Crippen molar-refractivity contribution in [3.05, 3.63) is 32.2 Å². The van der Waals surface area contributed by atoms with Crippen molar-refractivity contribution in [2.24, 2.45) is 0 Å². The monoisotopic (exact) mass is 403 g/mol. The highest BCUT2D eigenvalue weighted by Crippen LogP contribution is 2.34. The lowest BCUT2D eigenvalue weighted by molar-refractivity contribution is 0.315. The van der Waals surface area contributed by atoms with Crippen LogP contribution in [0.1, 0.15) is 39.2 Å². The molecule has 4 heteroatoms. The van der Waals surface area contributed by atoms with Crippen molar-refractivity contribution in [3.63, 3.8) is 0 Å². The van der Waals surface area contributed by atoms with Gasteiger partial charge in [0.15, 0.2) is 0 Å². The van der Waals surface area contributed by atoms with E-state index in [2.05, 4.69) is 70.1 Å². The smallest absolute Gasteiger partial charge is 0.140 e. The van der Waals surface area contributed by atoms with Crippen LogP contribution in [-0.2, 0) is 0 Å². The highest BCUT2D eigenvalue weighted by molar-refractivity contribution is 9.11. The molecule has 1 aromatic carbocycles. The van der Waals surface area contributed by atoms with Crippen LogP contribution in [0.4, 0.5) is 0 Å². The average molecular weight is 405 g/mol. The molecule has 0 fully saturated rings. The van der Waals surface area contributed by atoms with Crippen LogP contribution in [0.2, 0.25) is 0 Å². The Labute approximate surface area is 139 Å². The summed E-state index contributed by atoms with van der Waals surface area (Å²) in [5.74, 6) is 0.921. The van der Waals surface area contributed by atoms with Crippen molar-refractivity contribution in [1.29, 1.82) is 0 Å². The van der Waals surface area contributed by atoms with Crippen LogP contribution in [0.5, 0.6) is 5.75 Å². The average Bonchev–Trinajstić information content (AvgIpc) is 2.38. The molecule has 2 nitrogen and oxygen atoms in total. The van der Waals surface area contributed by atoms with E-state index in [1.807, 2.05) is 6.07 Å². The van der Waals surface area contributed by atoms with Gasteiger partial charge in [-0.25, -0.2) is 0 Å². The molecular weight excluding hydrogens is 382 g/mol. The van der Waals surface area contributed by atoms with E-state index in [9.17, 15) is 0 Å². The van der Waals surface area contributed by atoms with Crippen molar-refractivity contribution in [2.75, 3.05) is 19.7 Å². The van der Waals surface area contributed by atoms with Crippen molar-refractivity contribution in [3.8, 4) is 5.75 Å². The van der Waals surface area contributed by atoms with Gasteiger partial charge in [-0.2, -0.15) is 0 Å². The Morgan fingerprint density at radius 3 is 2.65 bits per heavy atom. The molecule has 0 amide bonds. The van der Waals surface area contributed by atoms with Crippen LogP contribution < -0.4 is 10.1 Å². The molecule has 0 heterocycles. The normalized spacial score (nSPS) is 11.8. The zero-order valence-corrected chi connectivity index (χ0v) is 15.6. The van der Waals surface area contributed by atoms with Crippen molar-refractivity contribution in [1.82, 2.24) is 5.32 Å². The van der Waals surface area contributed by atoms with Gasteiger partial charge in [-0.3, -0.25) is 0 Å². The molecule has 20 heavy (non-hydrogen) atoms. The molecule has 1 rings (SSSR count). The van der Waals surface area contributed by atoms with Gasteiger partial charge in [0, 0.05) is 16.6 Å². The lowest BCUT2D eigenvalue weighted by Gasteiger charge is -2.12. The highest BCUT2D eigenvalue weighted by Gasteiger charge is 2.08. The molecular formula is C16H23Br2NO. The standard InChI is InChI=1S/C16H23Br2NO/c1-4-6-19-11-12(3)8-13-9-14(17)10-15(18)16(13)20-7-5-2/h8-10,19H,4-7,11H2,1-3H3. The van der Waals surface area contributed by atoms with Crippen LogP contribution in [0, 0.1) is 0 Å². The summed E-state index contributed by atoms with van der Waals surface area (Å²) in [7, 11) is 0. The molecule has 0 aromatic heterocycles. The van der Waals surface area contributed by atoms with E-state index in [0.29, 0.717) is 0 Å². The molecule has 0 unspecified atom stereocenters. The van der Waals surface area contributed by atoms with E-state index in [1.54, 1.807) is 0 Å². The van der Waals surface area contributed by atoms with Crippen LogP contribution in [0.3, 0.4) is 0 Å². The van der Waals surface area contributed by atoms with Gasteiger partial charge in [0.2, 0.25) is 0 Å². The van der Waals surface area contributed by atoms with Crippen LogP contribution in [-0.4, -0.2) is 19.7 Å². The number of nitrogens with one attached hydrogen (secondary N) is 1. The van der Waals surface area contributed by atoms with E-state index < -0.39 is 0 Å². The summed E-state index contributed by atoms with van der Waals surface area (Å²) in [5, 5.41) is 3.41. The van der Waals surface area contributed by atoms with E-state index in [1.165, 1.54) is 5.57 Å².